The van der Waals surface area contributed by atoms with Gasteiger partial charge in [0.15, 0.2) is 5.79 Å². The molecule has 1 aliphatic heterocycles. The molecule has 5 N–H and O–H groups in total. The van der Waals surface area contributed by atoms with Gasteiger partial charge in [0.2, 0.25) is 0 Å². The minimum absolute atomic E-state index is 0.346. The van der Waals surface area contributed by atoms with Crippen LogP contribution in [-0.2, 0) is 0 Å². The molecule has 22 heavy (non-hydrogen) atoms. The molecule has 5 heteroatoms. The number of nitrogens with one attached hydrogen (secondary N) is 1. The molecule has 120 valence electrons. The van der Waals surface area contributed by atoms with Gasteiger partial charge in [-0.3, -0.25) is 5.73 Å². The second-order valence-electron chi connectivity index (χ2n) is 6.78. The van der Waals surface area contributed by atoms with Gasteiger partial charge in [-0.1, -0.05) is 12.1 Å². The van der Waals surface area contributed by atoms with E-state index in [1.54, 1.807) is 0 Å². The molecule has 3 rings (SSSR count). The average molecular weight is 301 g/mol. The first kappa shape index (κ1) is 15.3. The lowest BCUT2D eigenvalue weighted by Gasteiger charge is -2.43. The summed E-state index contributed by atoms with van der Waals surface area (Å²) in [6.45, 7) is 0.784. The highest BCUT2D eigenvalue weighted by molar-refractivity contribution is 6.05. The standard InChI is InChI=1S/C17H27N5/c1-22(2)16-14-5-3-4-6-15(14)20-17(19,21-16)13-9-7-12(11-18)8-10-13/h3-6,12-13,20H,7-11,18-19H2,1-2H3. The molecular weight excluding hydrogens is 274 g/mol. The highest BCUT2D eigenvalue weighted by Gasteiger charge is 2.40. The lowest BCUT2D eigenvalue weighted by Crippen LogP contribution is -2.56. The molecule has 0 saturated heterocycles. The summed E-state index contributed by atoms with van der Waals surface area (Å²) < 4.78 is 0. The predicted molar refractivity (Wildman–Crippen MR) is 91.7 cm³/mol. The summed E-state index contributed by atoms with van der Waals surface area (Å²) in [4.78, 5) is 6.96. The highest BCUT2D eigenvalue weighted by atomic mass is 15.3. The predicted octanol–water partition coefficient (Wildman–Crippen LogP) is 1.80. The molecule has 0 amide bonds. The number of fused-ring (bicyclic) bond motifs is 1. The van der Waals surface area contributed by atoms with Crippen LogP contribution in [0, 0.1) is 11.8 Å². The quantitative estimate of drug-likeness (QED) is 0.778. The van der Waals surface area contributed by atoms with E-state index < -0.39 is 5.79 Å². The summed E-state index contributed by atoms with van der Waals surface area (Å²) in [5.74, 6) is 1.23. The van der Waals surface area contributed by atoms with Gasteiger partial charge in [0.25, 0.3) is 0 Å². The Balaban J connectivity index is 1.90. The number of anilines is 1. The minimum Gasteiger partial charge on any atom is -0.362 e. The number of rotatable bonds is 2. The van der Waals surface area contributed by atoms with Crippen LogP contribution in [0.3, 0.4) is 0 Å². The maximum absolute atomic E-state index is 6.71. The van der Waals surface area contributed by atoms with Crippen LogP contribution >= 0.6 is 0 Å². The van der Waals surface area contributed by atoms with E-state index in [1.165, 1.54) is 0 Å². The summed E-state index contributed by atoms with van der Waals surface area (Å²) in [5.41, 5.74) is 14.7. The topological polar surface area (TPSA) is 79.7 Å². The van der Waals surface area contributed by atoms with Crippen LogP contribution in [-0.4, -0.2) is 37.2 Å². The molecule has 0 radical (unpaired) electrons. The molecular formula is C17H27N5. The molecule has 1 fully saturated rings. The average Bonchev–Trinajstić information content (AvgIpc) is 2.54. The van der Waals surface area contributed by atoms with Crippen molar-refractivity contribution in [2.45, 2.75) is 31.5 Å². The minimum atomic E-state index is -0.715. The van der Waals surface area contributed by atoms with Crippen LogP contribution in [0.15, 0.2) is 29.3 Å². The Bertz CT molecular complexity index is 560. The summed E-state index contributed by atoms with van der Waals surface area (Å²) in [7, 11) is 4.04. The van der Waals surface area contributed by atoms with Crippen LogP contribution in [0.4, 0.5) is 5.69 Å². The smallest absolute Gasteiger partial charge is 0.187 e. The third-order valence-electron chi connectivity index (χ3n) is 5.02. The van der Waals surface area contributed by atoms with Crippen LogP contribution in [0.1, 0.15) is 31.2 Å². The van der Waals surface area contributed by atoms with Crippen molar-refractivity contribution in [1.82, 2.24) is 4.90 Å². The molecule has 1 atom stereocenters. The van der Waals surface area contributed by atoms with E-state index in [2.05, 4.69) is 17.4 Å². The lowest BCUT2D eigenvalue weighted by atomic mass is 9.78. The number of nitrogens with two attached hydrogens (primary N) is 2. The summed E-state index contributed by atoms with van der Waals surface area (Å²) in [6, 6.07) is 8.25. The number of amidine groups is 1. The van der Waals surface area contributed by atoms with Crippen LogP contribution in [0.5, 0.6) is 0 Å². The number of nitrogens with zero attached hydrogens (tertiary/aromatic N) is 2. The van der Waals surface area contributed by atoms with Gasteiger partial charge in [0, 0.05) is 31.3 Å². The van der Waals surface area contributed by atoms with Gasteiger partial charge in [0.05, 0.1) is 0 Å². The van der Waals surface area contributed by atoms with Crippen molar-refractivity contribution in [3.8, 4) is 0 Å². The Hall–Kier alpha value is -1.59. The van der Waals surface area contributed by atoms with Crippen molar-refractivity contribution in [3.05, 3.63) is 29.8 Å². The molecule has 0 aromatic heterocycles. The van der Waals surface area contributed by atoms with Crippen LogP contribution in [0.25, 0.3) is 0 Å². The Morgan fingerprint density at radius 3 is 2.55 bits per heavy atom. The van der Waals surface area contributed by atoms with Crippen molar-refractivity contribution in [2.24, 2.45) is 28.3 Å². The highest BCUT2D eigenvalue weighted by Crippen LogP contribution is 2.38. The third-order valence-corrected chi connectivity index (χ3v) is 5.02. The Kier molecular flexibility index (Phi) is 4.10. The first-order valence-corrected chi connectivity index (χ1v) is 8.17. The van der Waals surface area contributed by atoms with Crippen LogP contribution < -0.4 is 16.8 Å². The van der Waals surface area contributed by atoms with E-state index in [1.807, 2.05) is 31.1 Å². The maximum atomic E-state index is 6.71. The second kappa shape index (κ2) is 5.89. The van der Waals surface area contributed by atoms with Crippen LogP contribution in [0.2, 0.25) is 0 Å². The SMILES string of the molecule is CN(C)C1=NC(N)(C2CCC(CN)CC2)Nc2ccccc21. The molecule has 5 nitrogen and oxygen atoms in total. The first-order chi connectivity index (χ1) is 10.5. The van der Waals surface area contributed by atoms with Gasteiger partial charge in [-0.05, 0) is 50.3 Å². The molecule has 2 aliphatic rings. The summed E-state index contributed by atoms with van der Waals surface area (Å²) >= 11 is 0. The second-order valence-corrected chi connectivity index (χ2v) is 6.78. The molecule has 0 spiro atoms. The van der Waals surface area contributed by atoms with Gasteiger partial charge in [-0.2, -0.15) is 0 Å². The first-order valence-electron chi connectivity index (χ1n) is 8.17. The van der Waals surface area contributed by atoms with E-state index in [4.69, 9.17) is 16.5 Å². The van der Waals surface area contributed by atoms with Crippen molar-refractivity contribution in [1.29, 1.82) is 0 Å². The number of benzene rings is 1. The largest absolute Gasteiger partial charge is 0.362 e. The van der Waals surface area contributed by atoms with Crippen molar-refractivity contribution in [3.63, 3.8) is 0 Å². The lowest BCUT2D eigenvalue weighted by molar-refractivity contribution is 0.197. The van der Waals surface area contributed by atoms with Gasteiger partial charge < -0.3 is 16.0 Å². The Labute approximate surface area is 132 Å². The van der Waals surface area contributed by atoms with Gasteiger partial charge in [0.1, 0.15) is 5.84 Å². The molecule has 1 unspecified atom stereocenters. The van der Waals surface area contributed by atoms with Crippen molar-refractivity contribution >= 4 is 11.5 Å². The van der Waals surface area contributed by atoms with E-state index >= 15 is 0 Å². The summed E-state index contributed by atoms with van der Waals surface area (Å²) in [5, 5.41) is 3.49. The zero-order chi connectivity index (χ0) is 15.7. The Morgan fingerprint density at radius 2 is 1.91 bits per heavy atom. The number of aliphatic imine (C=N–C) groups is 1. The molecule has 1 aromatic rings. The number of para-hydroxylation sites is 1. The Morgan fingerprint density at radius 1 is 1.23 bits per heavy atom. The van der Waals surface area contributed by atoms with E-state index in [0.29, 0.717) is 11.8 Å². The molecule has 1 aromatic carbocycles. The van der Waals surface area contributed by atoms with Crippen molar-refractivity contribution < 1.29 is 0 Å². The number of hydrogen-bond acceptors (Lipinski definition) is 5. The molecule has 1 heterocycles. The van der Waals surface area contributed by atoms with Gasteiger partial charge in [-0.15, -0.1) is 0 Å². The fraction of sp³-hybridized carbons (Fsp3) is 0.588. The van der Waals surface area contributed by atoms with E-state index in [-0.39, 0.29) is 0 Å². The normalized spacial score (nSPS) is 31.0. The number of hydrogen-bond donors (Lipinski definition) is 3. The van der Waals surface area contributed by atoms with Gasteiger partial charge in [-0.25, -0.2) is 4.99 Å². The molecule has 0 bridgehead atoms. The van der Waals surface area contributed by atoms with Crippen molar-refractivity contribution in [2.75, 3.05) is 26.0 Å². The molecule has 1 aliphatic carbocycles. The fourth-order valence-corrected chi connectivity index (χ4v) is 3.64. The molecule has 1 saturated carbocycles. The zero-order valence-electron chi connectivity index (χ0n) is 13.5. The van der Waals surface area contributed by atoms with E-state index in [9.17, 15) is 0 Å². The zero-order valence-corrected chi connectivity index (χ0v) is 13.5. The maximum Gasteiger partial charge on any atom is 0.187 e. The van der Waals surface area contributed by atoms with Gasteiger partial charge >= 0.3 is 0 Å². The summed E-state index contributed by atoms with van der Waals surface area (Å²) in [6.07, 6.45) is 4.46. The fourth-order valence-electron chi connectivity index (χ4n) is 3.64. The third kappa shape index (κ3) is 2.71. The van der Waals surface area contributed by atoms with E-state index in [0.717, 1.165) is 49.3 Å². The monoisotopic (exact) mass is 301 g/mol.